The molecular weight excluding hydrogens is 429 g/mol. The van der Waals surface area contributed by atoms with Crippen molar-refractivity contribution in [3.63, 3.8) is 0 Å². The summed E-state index contributed by atoms with van der Waals surface area (Å²) in [6, 6.07) is 1.78. The number of amides is 1. The third kappa shape index (κ3) is 4.13. The molecule has 2 aromatic heterocycles. The molecule has 166 valence electrons. The molecule has 0 bridgehead atoms. The number of hydrogen-bond donors (Lipinski definition) is 2. The molecule has 1 saturated carbocycles. The number of carbonyl (C=O) groups excluding carboxylic acids is 1. The van der Waals surface area contributed by atoms with Crippen LogP contribution in [0.3, 0.4) is 0 Å². The number of likely N-dealkylation sites (tertiary alicyclic amines) is 1. The topological polar surface area (TPSA) is 114 Å². The van der Waals surface area contributed by atoms with Gasteiger partial charge in [-0.15, -0.1) is 24.8 Å². The first-order chi connectivity index (χ1) is 13.2. The first kappa shape index (κ1) is 24.4. The predicted octanol–water partition coefficient (Wildman–Crippen LogP) is 2.03. The van der Waals surface area contributed by atoms with Gasteiger partial charge >= 0.3 is 5.69 Å². The van der Waals surface area contributed by atoms with E-state index in [0.717, 1.165) is 18.5 Å². The maximum atomic E-state index is 13.5. The molecular formula is C20H29Cl2N5O3. The van der Waals surface area contributed by atoms with Crippen molar-refractivity contribution in [2.45, 2.75) is 58.5 Å². The Hall–Kier alpha value is -1.90. The normalized spacial score (nSPS) is 20.4. The van der Waals surface area contributed by atoms with E-state index in [4.69, 9.17) is 5.73 Å². The van der Waals surface area contributed by atoms with E-state index in [1.54, 1.807) is 11.0 Å². The molecule has 10 heteroatoms. The Morgan fingerprint density at radius 2 is 1.93 bits per heavy atom. The van der Waals surface area contributed by atoms with E-state index in [2.05, 4.69) is 23.8 Å². The monoisotopic (exact) mass is 457 g/mol. The average Bonchev–Trinajstić information content (AvgIpc) is 3.47. The molecule has 1 aliphatic carbocycles. The summed E-state index contributed by atoms with van der Waals surface area (Å²) in [6.07, 6.45) is 2.74. The fraction of sp³-hybridized carbons (Fsp3) is 0.600. The lowest BCUT2D eigenvalue weighted by atomic mass is 9.79. The summed E-state index contributed by atoms with van der Waals surface area (Å²) in [6.45, 7) is 7.38. The largest absolute Gasteiger partial charge is 0.338 e. The molecule has 1 saturated heterocycles. The first-order valence-electron chi connectivity index (χ1n) is 9.95. The number of aromatic amines is 1. The molecule has 1 atom stereocenters. The van der Waals surface area contributed by atoms with Crippen molar-refractivity contribution in [2.75, 3.05) is 13.1 Å². The van der Waals surface area contributed by atoms with Crippen LogP contribution in [0.15, 0.2) is 15.7 Å². The third-order valence-electron chi connectivity index (χ3n) is 6.11. The molecule has 0 aromatic carbocycles. The Morgan fingerprint density at radius 3 is 2.50 bits per heavy atom. The summed E-state index contributed by atoms with van der Waals surface area (Å²) in [5.74, 6) is 0.0999. The van der Waals surface area contributed by atoms with Crippen LogP contribution >= 0.6 is 24.8 Å². The van der Waals surface area contributed by atoms with Crippen molar-refractivity contribution in [3.8, 4) is 0 Å². The highest BCUT2D eigenvalue weighted by molar-refractivity contribution is 6.05. The first-order valence-corrected chi connectivity index (χ1v) is 9.95. The van der Waals surface area contributed by atoms with Gasteiger partial charge in [-0.3, -0.25) is 19.1 Å². The van der Waals surface area contributed by atoms with Gasteiger partial charge in [-0.05, 0) is 37.7 Å². The van der Waals surface area contributed by atoms with Crippen LogP contribution in [0.2, 0.25) is 0 Å². The van der Waals surface area contributed by atoms with Gasteiger partial charge in [0.1, 0.15) is 0 Å². The maximum Gasteiger partial charge on any atom is 0.329 e. The number of aryl methyl sites for hydroxylation is 1. The number of aromatic nitrogens is 3. The molecule has 4 rings (SSSR count). The van der Waals surface area contributed by atoms with Crippen molar-refractivity contribution in [1.29, 1.82) is 0 Å². The SMILES string of the molecule is CCn1c(=O)[nH]c(=O)c2c(C(=O)N3CCC(N)C(C)(C)C3)cc(C3CC3)nc21.Cl.Cl. The van der Waals surface area contributed by atoms with E-state index in [1.165, 1.54) is 4.57 Å². The number of fused-ring (bicyclic) bond motifs is 1. The molecule has 1 amide bonds. The number of halogens is 2. The second kappa shape index (κ2) is 8.69. The van der Waals surface area contributed by atoms with E-state index >= 15 is 0 Å². The fourth-order valence-corrected chi connectivity index (χ4v) is 4.06. The predicted molar refractivity (Wildman–Crippen MR) is 121 cm³/mol. The second-order valence-electron chi connectivity index (χ2n) is 8.68. The van der Waals surface area contributed by atoms with Crippen molar-refractivity contribution in [2.24, 2.45) is 11.1 Å². The molecule has 2 aliphatic rings. The summed E-state index contributed by atoms with van der Waals surface area (Å²) < 4.78 is 1.43. The van der Waals surface area contributed by atoms with Crippen LogP contribution in [0.5, 0.6) is 0 Å². The molecule has 30 heavy (non-hydrogen) atoms. The Labute approximate surface area is 187 Å². The zero-order chi connectivity index (χ0) is 20.2. The summed E-state index contributed by atoms with van der Waals surface area (Å²) in [7, 11) is 0. The highest BCUT2D eigenvalue weighted by Crippen LogP contribution is 2.40. The van der Waals surface area contributed by atoms with Crippen LogP contribution in [0.4, 0.5) is 0 Å². The lowest BCUT2D eigenvalue weighted by Gasteiger charge is -2.42. The van der Waals surface area contributed by atoms with E-state index in [0.29, 0.717) is 43.2 Å². The highest BCUT2D eigenvalue weighted by Gasteiger charge is 2.37. The Kier molecular flexibility index (Phi) is 7.06. The molecule has 2 fully saturated rings. The van der Waals surface area contributed by atoms with Crippen LogP contribution in [-0.4, -0.2) is 44.5 Å². The lowest BCUT2D eigenvalue weighted by molar-refractivity contribution is 0.0534. The summed E-state index contributed by atoms with van der Waals surface area (Å²) in [5.41, 5.74) is 6.38. The minimum absolute atomic E-state index is 0. The van der Waals surface area contributed by atoms with Crippen molar-refractivity contribution in [1.82, 2.24) is 19.4 Å². The Balaban J connectivity index is 0.00000160. The molecule has 1 unspecified atom stereocenters. The van der Waals surface area contributed by atoms with Crippen LogP contribution in [-0.2, 0) is 6.54 Å². The molecule has 8 nitrogen and oxygen atoms in total. The number of rotatable bonds is 3. The van der Waals surface area contributed by atoms with Crippen molar-refractivity contribution < 1.29 is 4.79 Å². The molecule has 0 spiro atoms. The van der Waals surface area contributed by atoms with Gasteiger partial charge in [0.2, 0.25) is 0 Å². The number of nitrogens with two attached hydrogens (primary N) is 1. The molecule has 3 heterocycles. The number of nitrogens with zero attached hydrogens (tertiary/aromatic N) is 3. The van der Waals surface area contributed by atoms with Gasteiger partial charge in [-0.25, -0.2) is 9.78 Å². The van der Waals surface area contributed by atoms with Gasteiger partial charge in [0.05, 0.1) is 10.9 Å². The molecule has 3 N–H and O–H groups in total. The smallest absolute Gasteiger partial charge is 0.329 e. The van der Waals surface area contributed by atoms with Gasteiger partial charge in [-0.1, -0.05) is 13.8 Å². The summed E-state index contributed by atoms with van der Waals surface area (Å²) in [5, 5.41) is 0.198. The van der Waals surface area contributed by atoms with E-state index < -0.39 is 11.2 Å². The zero-order valence-electron chi connectivity index (χ0n) is 17.4. The van der Waals surface area contributed by atoms with Crippen LogP contribution < -0.4 is 17.0 Å². The van der Waals surface area contributed by atoms with Crippen molar-refractivity contribution in [3.05, 3.63) is 38.2 Å². The third-order valence-corrected chi connectivity index (χ3v) is 6.11. The molecule has 0 radical (unpaired) electrons. The Morgan fingerprint density at radius 1 is 1.27 bits per heavy atom. The van der Waals surface area contributed by atoms with Gasteiger partial charge in [-0.2, -0.15) is 0 Å². The second-order valence-corrected chi connectivity index (χ2v) is 8.68. The van der Waals surface area contributed by atoms with E-state index in [9.17, 15) is 14.4 Å². The van der Waals surface area contributed by atoms with Crippen LogP contribution in [0.1, 0.15) is 62.0 Å². The maximum absolute atomic E-state index is 13.5. The van der Waals surface area contributed by atoms with E-state index in [1.807, 2.05) is 6.92 Å². The Bertz CT molecular complexity index is 1070. The number of pyridine rings is 1. The zero-order valence-corrected chi connectivity index (χ0v) is 19.1. The number of H-pyrrole nitrogens is 1. The number of piperidine rings is 1. The average molecular weight is 458 g/mol. The number of hydrogen-bond acceptors (Lipinski definition) is 5. The minimum atomic E-state index is -0.559. The fourth-order valence-electron chi connectivity index (χ4n) is 4.06. The van der Waals surface area contributed by atoms with Gasteiger partial charge < -0.3 is 10.6 Å². The summed E-state index contributed by atoms with van der Waals surface area (Å²) in [4.78, 5) is 47.1. The molecule has 2 aromatic rings. The lowest BCUT2D eigenvalue weighted by Crippen LogP contribution is -2.54. The quantitative estimate of drug-likeness (QED) is 0.731. The minimum Gasteiger partial charge on any atom is -0.338 e. The van der Waals surface area contributed by atoms with Crippen molar-refractivity contribution >= 4 is 41.8 Å². The standard InChI is InChI=1S/C20H27N5O3.2ClH/c1-4-25-16-15(17(26)23-19(25)28)12(9-13(22-16)11-5-6-11)18(27)24-8-7-14(21)20(2,3)10-24;;/h9,11,14H,4-8,10,21H2,1-3H3,(H,23,26,28);2*1H. The van der Waals surface area contributed by atoms with Crippen LogP contribution in [0.25, 0.3) is 11.0 Å². The number of nitrogens with one attached hydrogen (secondary N) is 1. The van der Waals surface area contributed by atoms with E-state index in [-0.39, 0.29) is 47.6 Å². The molecule has 1 aliphatic heterocycles. The van der Waals surface area contributed by atoms with Crippen LogP contribution in [0, 0.1) is 5.41 Å². The van der Waals surface area contributed by atoms with Gasteiger partial charge in [0, 0.05) is 37.3 Å². The highest BCUT2D eigenvalue weighted by atomic mass is 35.5. The number of carbonyl (C=O) groups is 1. The van der Waals surface area contributed by atoms with Gasteiger partial charge in [0.15, 0.2) is 5.65 Å². The van der Waals surface area contributed by atoms with Gasteiger partial charge in [0.25, 0.3) is 11.5 Å². The summed E-state index contributed by atoms with van der Waals surface area (Å²) >= 11 is 0.